The van der Waals surface area contributed by atoms with E-state index in [1.165, 1.54) is 13.8 Å². The van der Waals surface area contributed by atoms with Crippen LogP contribution in [-0.2, 0) is 31.0 Å². The Morgan fingerprint density at radius 3 is 2.08 bits per heavy atom. The molecule has 216 valence electrons. The van der Waals surface area contributed by atoms with E-state index in [2.05, 4.69) is 10.0 Å². The third-order valence-corrected chi connectivity index (χ3v) is 8.59. The number of aliphatic hydroxyl groups is 1. The molecule has 6 N–H and O–H groups in total. The average Bonchev–Trinajstić information content (AvgIpc) is 2.79. The molecule has 0 bridgehead atoms. The molecule has 0 aliphatic heterocycles. The van der Waals surface area contributed by atoms with Crippen molar-refractivity contribution in [3.8, 4) is 0 Å². The summed E-state index contributed by atoms with van der Waals surface area (Å²) in [6.45, 7) is 10.6. The van der Waals surface area contributed by atoms with E-state index in [0.29, 0.717) is 6.42 Å². The summed E-state index contributed by atoms with van der Waals surface area (Å²) in [7, 11) is -4.33. The summed E-state index contributed by atoms with van der Waals surface area (Å²) in [5.41, 5.74) is 3.32. The Kier molecular flexibility index (Phi) is 11.9. The molecule has 38 heavy (non-hydrogen) atoms. The van der Waals surface area contributed by atoms with Crippen LogP contribution in [0.15, 0.2) is 30.3 Å². The first-order valence-electron chi connectivity index (χ1n) is 12.7. The molecule has 0 aromatic heterocycles. The standard InChI is InChI=1S/C26H44N4O7S/c1-17(2)13-14-30(38(36,37)29-26(6,7)24(34)35)16-21(31)20(15-19-11-9-8-10-12-19)28-22(32)18(3)25(4,5)23(27)33/h8-12,17-18,20-21,29,31H,13-16H2,1-7H3,(H2,27,33)(H,28,32)(H,34,35)/t18-,20-,21+/m0/s1. The number of nitrogens with one attached hydrogen (secondary N) is 2. The smallest absolute Gasteiger partial charge is 0.324 e. The number of aliphatic hydroxyl groups excluding tert-OH is 1. The molecule has 0 unspecified atom stereocenters. The van der Waals surface area contributed by atoms with Crippen molar-refractivity contribution in [1.29, 1.82) is 0 Å². The molecule has 1 aromatic carbocycles. The fourth-order valence-corrected chi connectivity index (χ4v) is 5.03. The van der Waals surface area contributed by atoms with Gasteiger partial charge in [-0.15, -0.1) is 0 Å². The Balaban J connectivity index is 3.31. The van der Waals surface area contributed by atoms with Gasteiger partial charge in [0.1, 0.15) is 5.54 Å². The maximum atomic E-state index is 13.2. The predicted molar refractivity (Wildman–Crippen MR) is 145 cm³/mol. The summed E-state index contributed by atoms with van der Waals surface area (Å²) in [6.07, 6.45) is -0.718. The molecule has 0 aliphatic rings. The lowest BCUT2D eigenvalue weighted by Gasteiger charge is -2.34. The Labute approximate surface area is 226 Å². The van der Waals surface area contributed by atoms with E-state index >= 15 is 0 Å². The summed E-state index contributed by atoms with van der Waals surface area (Å²) in [5, 5.41) is 23.5. The first-order valence-corrected chi connectivity index (χ1v) is 14.1. The van der Waals surface area contributed by atoms with Crippen molar-refractivity contribution in [2.45, 2.75) is 79.0 Å². The first-order chi connectivity index (χ1) is 17.3. The molecular formula is C26H44N4O7S. The Morgan fingerprint density at radius 2 is 1.61 bits per heavy atom. The fraction of sp³-hybridized carbons (Fsp3) is 0.654. The van der Waals surface area contributed by atoms with Crippen LogP contribution in [0, 0.1) is 17.3 Å². The molecule has 0 aliphatic carbocycles. The Bertz CT molecular complexity index is 1060. The number of hydrogen-bond acceptors (Lipinski definition) is 6. The van der Waals surface area contributed by atoms with Crippen molar-refractivity contribution >= 4 is 28.0 Å². The SMILES string of the molecule is CC(C)CCN(C[C@@H](O)[C@H](Cc1ccccc1)NC(=O)[C@H](C)C(C)(C)C(N)=O)S(=O)(=O)NC(C)(C)C(=O)O. The van der Waals surface area contributed by atoms with E-state index in [-0.39, 0.29) is 18.9 Å². The minimum absolute atomic E-state index is 0.0247. The van der Waals surface area contributed by atoms with E-state index < -0.39 is 63.6 Å². The number of nitrogens with zero attached hydrogens (tertiary/aromatic N) is 1. The number of benzene rings is 1. The van der Waals surface area contributed by atoms with Gasteiger partial charge in [0.25, 0.3) is 10.2 Å². The van der Waals surface area contributed by atoms with Crippen molar-refractivity contribution in [2.75, 3.05) is 13.1 Å². The van der Waals surface area contributed by atoms with Gasteiger partial charge >= 0.3 is 5.97 Å². The molecule has 2 amide bonds. The van der Waals surface area contributed by atoms with Crippen LogP contribution < -0.4 is 15.8 Å². The number of nitrogens with two attached hydrogens (primary N) is 1. The van der Waals surface area contributed by atoms with Crippen LogP contribution in [0.3, 0.4) is 0 Å². The van der Waals surface area contributed by atoms with Crippen molar-refractivity contribution < 1.29 is 33.0 Å². The van der Waals surface area contributed by atoms with Crippen LogP contribution in [0.2, 0.25) is 0 Å². The Morgan fingerprint density at radius 1 is 1.05 bits per heavy atom. The molecule has 12 heteroatoms. The average molecular weight is 557 g/mol. The van der Waals surface area contributed by atoms with E-state index in [0.717, 1.165) is 9.87 Å². The lowest BCUT2D eigenvalue weighted by atomic mass is 9.78. The quantitative estimate of drug-likeness (QED) is 0.203. The minimum atomic E-state index is -4.33. The summed E-state index contributed by atoms with van der Waals surface area (Å²) in [6, 6.07) is 8.13. The lowest BCUT2D eigenvalue weighted by molar-refractivity contribution is -0.142. The van der Waals surface area contributed by atoms with Crippen LogP contribution in [0.5, 0.6) is 0 Å². The zero-order valence-electron chi connectivity index (χ0n) is 23.4. The molecular weight excluding hydrogens is 512 g/mol. The van der Waals surface area contributed by atoms with Gasteiger partial charge in [0.05, 0.1) is 17.6 Å². The highest BCUT2D eigenvalue weighted by molar-refractivity contribution is 7.87. The van der Waals surface area contributed by atoms with Crippen molar-refractivity contribution in [1.82, 2.24) is 14.3 Å². The number of hydrogen-bond donors (Lipinski definition) is 5. The maximum absolute atomic E-state index is 13.2. The van der Waals surface area contributed by atoms with Gasteiger partial charge in [-0.25, -0.2) is 0 Å². The van der Waals surface area contributed by atoms with Crippen molar-refractivity contribution in [3.05, 3.63) is 35.9 Å². The third kappa shape index (κ3) is 9.64. The van der Waals surface area contributed by atoms with Gasteiger partial charge in [-0.3, -0.25) is 14.4 Å². The molecule has 0 heterocycles. The van der Waals surface area contributed by atoms with Gasteiger partial charge in [-0.05, 0) is 38.2 Å². The second-order valence-electron chi connectivity index (χ2n) is 11.3. The zero-order chi connectivity index (χ0) is 29.5. The lowest BCUT2D eigenvalue weighted by Crippen LogP contribution is -2.58. The molecule has 0 spiro atoms. The van der Waals surface area contributed by atoms with E-state index in [1.807, 2.05) is 32.0 Å². The van der Waals surface area contributed by atoms with E-state index in [1.54, 1.807) is 32.9 Å². The second-order valence-corrected chi connectivity index (χ2v) is 12.9. The number of carboxylic acid groups (broad SMARTS) is 1. The summed E-state index contributed by atoms with van der Waals surface area (Å²) in [5.74, 6) is -3.22. The second kappa shape index (κ2) is 13.5. The van der Waals surface area contributed by atoms with Crippen molar-refractivity contribution in [2.24, 2.45) is 23.0 Å². The molecule has 1 rings (SSSR count). The molecule has 0 saturated heterocycles. The van der Waals surface area contributed by atoms with Gasteiger partial charge in [0.15, 0.2) is 0 Å². The number of carbonyl (C=O) groups excluding carboxylic acids is 2. The summed E-state index contributed by atoms with van der Waals surface area (Å²) >= 11 is 0. The highest BCUT2D eigenvalue weighted by Gasteiger charge is 2.39. The third-order valence-electron chi connectivity index (χ3n) is 6.81. The van der Waals surface area contributed by atoms with Crippen LogP contribution in [-0.4, -0.2) is 71.5 Å². The first kappa shape index (κ1) is 33.5. The summed E-state index contributed by atoms with van der Waals surface area (Å²) < 4.78 is 29.6. The van der Waals surface area contributed by atoms with Gasteiger partial charge in [0.2, 0.25) is 11.8 Å². The highest BCUT2D eigenvalue weighted by atomic mass is 32.2. The van der Waals surface area contributed by atoms with Crippen LogP contribution in [0.4, 0.5) is 0 Å². The monoisotopic (exact) mass is 556 g/mol. The minimum Gasteiger partial charge on any atom is -0.480 e. The molecule has 1 aromatic rings. The van der Waals surface area contributed by atoms with Gasteiger partial charge in [0, 0.05) is 19.0 Å². The largest absolute Gasteiger partial charge is 0.480 e. The number of rotatable bonds is 16. The number of carbonyl (C=O) groups is 3. The zero-order valence-corrected chi connectivity index (χ0v) is 24.2. The number of amides is 2. The van der Waals surface area contributed by atoms with Gasteiger partial charge in [-0.2, -0.15) is 17.4 Å². The maximum Gasteiger partial charge on any atom is 0.324 e. The highest BCUT2D eigenvalue weighted by Crippen LogP contribution is 2.26. The molecule has 0 fully saturated rings. The molecule has 0 radical (unpaired) electrons. The molecule has 0 saturated carbocycles. The number of primary amides is 1. The van der Waals surface area contributed by atoms with Crippen LogP contribution in [0.1, 0.15) is 60.5 Å². The molecule has 11 nitrogen and oxygen atoms in total. The number of carboxylic acids is 1. The number of aliphatic carboxylic acids is 1. The Hall–Kier alpha value is -2.54. The summed E-state index contributed by atoms with van der Waals surface area (Å²) in [4.78, 5) is 36.6. The van der Waals surface area contributed by atoms with Crippen LogP contribution in [0.25, 0.3) is 0 Å². The van der Waals surface area contributed by atoms with Gasteiger partial charge in [-0.1, -0.05) is 65.0 Å². The predicted octanol–water partition coefficient (Wildman–Crippen LogP) is 1.27. The van der Waals surface area contributed by atoms with Gasteiger partial charge < -0.3 is 21.3 Å². The van der Waals surface area contributed by atoms with E-state index in [4.69, 9.17) is 5.73 Å². The topological polar surface area (TPSA) is 179 Å². The fourth-order valence-electron chi connectivity index (χ4n) is 3.48. The van der Waals surface area contributed by atoms with Crippen LogP contribution >= 0.6 is 0 Å². The normalized spacial score (nSPS) is 15.2. The van der Waals surface area contributed by atoms with E-state index in [9.17, 15) is 33.0 Å². The van der Waals surface area contributed by atoms with Crippen molar-refractivity contribution in [3.63, 3.8) is 0 Å². The molecule has 3 atom stereocenters.